The van der Waals surface area contributed by atoms with Gasteiger partial charge in [-0.25, -0.2) is 9.18 Å². The Bertz CT molecular complexity index is 1360. The summed E-state index contributed by atoms with van der Waals surface area (Å²) in [6.45, 7) is 2.71. The van der Waals surface area contributed by atoms with E-state index in [4.69, 9.17) is 14.2 Å². The first-order valence-corrected chi connectivity index (χ1v) is 15.5. The number of likely N-dealkylation sites (tertiary alicyclic amines) is 1. The van der Waals surface area contributed by atoms with Gasteiger partial charge in [-0.15, -0.1) is 0 Å². The van der Waals surface area contributed by atoms with E-state index in [-0.39, 0.29) is 41.8 Å². The number of halogens is 1. The fourth-order valence-corrected chi connectivity index (χ4v) is 8.16. The molecule has 1 aromatic heterocycles. The number of fused-ring (bicyclic) bond motifs is 6. The monoisotopic (exact) mass is 595 g/mol. The Labute approximate surface area is 249 Å². The highest BCUT2D eigenvalue weighted by atomic mass is 19.1. The molecule has 1 saturated heterocycles. The molecule has 43 heavy (non-hydrogen) atoms. The Morgan fingerprint density at radius 2 is 1.98 bits per heavy atom. The summed E-state index contributed by atoms with van der Waals surface area (Å²) >= 11 is 0. The van der Waals surface area contributed by atoms with Crippen molar-refractivity contribution in [3.8, 4) is 11.8 Å². The molecule has 12 heteroatoms. The Morgan fingerprint density at radius 1 is 1.19 bits per heavy atom. The topological polar surface area (TPSA) is 143 Å². The van der Waals surface area contributed by atoms with Crippen molar-refractivity contribution in [1.82, 2.24) is 20.5 Å². The van der Waals surface area contributed by atoms with E-state index < -0.39 is 41.7 Å². The second-order valence-electron chi connectivity index (χ2n) is 13.5. The van der Waals surface area contributed by atoms with Gasteiger partial charge in [0.15, 0.2) is 0 Å². The summed E-state index contributed by atoms with van der Waals surface area (Å²) in [5.74, 6) is -0.961. The van der Waals surface area contributed by atoms with Gasteiger partial charge in [0.25, 0.3) is 0 Å². The van der Waals surface area contributed by atoms with Crippen LogP contribution < -0.4 is 15.4 Å². The predicted molar refractivity (Wildman–Crippen MR) is 148 cm³/mol. The van der Waals surface area contributed by atoms with Crippen LogP contribution >= 0.6 is 0 Å². The highest BCUT2D eigenvalue weighted by molar-refractivity contribution is 5.93. The van der Waals surface area contributed by atoms with Gasteiger partial charge in [0.2, 0.25) is 11.8 Å². The number of aromatic nitrogens is 1. The van der Waals surface area contributed by atoms with Gasteiger partial charge in [-0.3, -0.25) is 14.6 Å². The van der Waals surface area contributed by atoms with E-state index in [1.807, 2.05) is 6.92 Å². The SMILES string of the molecule is COC1CCOc2cncc(C(C#N)NC(=O)[C@@H]3[C@@H]4[C@H](CN3C(=O)[C@@H](NC(=O)OC3CC3)C3(C)CC3)[C@@H]3CC(F)[C@H]4C3)c21. The first-order chi connectivity index (χ1) is 20.7. The molecule has 2 aliphatic heterocycles. The average Bonchev–Trinajstić information content (AvgIpc) is 3.85. The smallest absolute Gasteiger partial charge is 0.408 e. The number of ether oxygens (including phenoxy) is 3. The zero-order valence-electron chi connectivity index (χ0n) is 24.5. The average molecular weight is 596 g/mol. The number of hydrogen-bond donors (Lipinski definition) is 2. The molecule has 3 unspecified atom stereocenters. The first kappa shape index (κ1) is 28.3. The summed E-state index contributed by atoms with van der Waals surface area (Å²) in [6, 6.07) is -0.723. The first-order valence-electron chi connectivity index (χ1n) is 15.5. The minimum Gasteiger partial charge on any atom is -0.491 e. The lowest BCUT2D eigenvalue weighted by Gasteiger charge is -2.35. The van der Waals surface area contributed by atoms with Crippen molar-refractivity contribution in [2.24, 2.45) is 29.1 Å². The normalized spacial score (nSPS) is 34.2. The van der Waals surface area contributed by atoms with E-state index in [0.717, 1.165) is 25.7 Å². The quantitative estimate of drug-likeness (QED) is 0.467. The number of carbonyl (C=O) groups excluding carboxylic acids is 3. The highest BCUT2D eigenvalue weighted by Crippen LogP contribution is 2.59. The highest BCUT2D eigenvalue weighted by Gasteiger charge is 2.64. The molecule has 1 aromatic rings. The van der Waals surface area contributed by atoms with E-state index in [9.17, 15) is 19.6 Å². The second-order valence-corrected chi connectivity index (χ2v) is 13.5. The molecule has 0 spiro atoms. The van der Waals surface area contributed by atoms with Crippen molar-refractivity contribution in [2.75, 3.05) is 20.3 Å². The van der Waals surface area contributed by atoms with Crippen LogP contribution in [-0.4, -0.2) is 72.4 Å². The van der Waals surface area contributed by atoms with Crippen molar-refractivity contribution in [3.05, 3.63) is 23.5 Å². The molecule has 9 atom stereocenters. The Balaban J connectivity index is 1.18. The van der Waals surface area contributed by atoms with E-state index in [1.54, 1.807) is 18.2 Å². The molecule has 3 heterocycles. The molecule has 230 valence electrons. The third-order valence-electron chi connectivity index (χ3n) is 10.8. The number of alkyl halides is 1. The number of nitriles is 1. The fourth-order valence-electron chi connectivity index (χ4n) is 8.16. The van der Waals surface area contributed by atoms with Crippen LogP contribution in [0.4, 0.5) is 9.18 Å². The van der Waals surface area contributed by atoms with Gasteiger partial charge >= 0.3 is 6.09 Å². The number of methoxy groups -OCH3 is 1. The van der Waals surface area contributed by atoms with Gasteiger partial charge in [-0.2, -0.15) is 5.26 Å². The van der Waals surface area contributed by atoms with Crippen molar-refractivity contribution in [3.63, 3.8) is 0 Å². The maximum absolute atomic E-state index is 15.1. The fraction of sp³-hybridized carbons (Fsp3) is 0.710. The van der Waals surface area contributed by atoms with Crippen molar-refractivity contribution >= 4 is 17.9 Å². The van der Waals surface area contributed by atoms with Crippen molar-refractivity contribution < 1.29 is 33.0 Å². The molecule has 0 aromatic carbocycles. The number of hydrogen-bond acceptors (Lipinski definition) is 8. The van der Waals surface area contributed by atoms with Gasteiger partial charge in [0.05, 0.1) is 25.0 Å². The number of nitrogens with one attached hydrogen (secondary N) is 2. The maximum Gasteiger partial charge on any atom is 0.408 e. The number of nitrogens with zero attached hydrogens (tertiary/aromatic N) is 3. The van der Waals surface area contributed by atoms with Crippen LogP contribution in [0.15, 0.2) is 12.4 Å². The number of rotatable bonds is 8. The number of carbonyl (C=O) groups is 3. The molecule has 5 fully saturated rings. The van der Waals surface area contributed by atoms with Crippen LogP contribution in [0, 0.1) is 40.4 Å². The predicted octanol–water partition coefficient (Wildman–Crippen LogP) is 3.11. The van der Waals surface area contributed by atoms with Crippen LogP contribution in [-0.2, 0) is 19.1 Å². The minimum absolute atomic E-state index is 0.0132. The lowest BCUT2D eigenvalue weighted by molar-refractivity contribution is -0.142. The van der Waals surface area contributed by atoms with Crippen molar-refractivity contribution in [1.29, 1.82) is 5.26 Å². The molecule has 3 amide bonds. The standard InChI is InChI=1S/C31H38FN5O6/c1-31(6-7-31)27(36-30(40)43-16-3-4-16)29(39)37-14-19-15-9-17(20(32)10-15)24(19)26(37)28(38)35-21(11-33)18-12-34-13-23-25(18)22(41-2)5-8-42-23/h12-13,15-17,19-22,24,26-27H,3-10,14H2,1-2H3,(H,35,38)(H,36,40)/t15-,17+,19+,20?,21?,22?,24-,26-,27+/m0/s1. The molecule has 6 aliphatic rings. The minimum atomic E-state index is -1.09. The Hall–Kier alpha value is -3.46. The maximum atomic E-state index is 15.1. The molecule has 4 aliphatic carbocycles. The van der Waals surface area contributed by atoms with Crippen molar-refractivity contribution in [2.45, 2.75) is 88.4 Å². The molecular formula is C31H38FN5O6. The Morgan fingerprint density at radius 3 is 2.67 bits per heavy atom. The molecular weight excluding hydrogens is 557 g/mol. The Kier molecular flexibility index (Phi) is 6.99. The van der Waals surface area contributed by atoms with Crippen LogP contribution in [0.2, 0.25) is 0 Å². The van der Waals surface area contributed by atoms with E-state index in [1.165, 1.54) is 6.20 Å². The third-order valence-corrected chi connectivity index (χ3v) is 10.8. The summed E-state index contributed by atoms with van der Waals surface area (Å²) in [4.78, 5) is 47.0. The second kappa shape index (κ2) is 10.6. The largest absolute Gasteiger partial charge is 0.491 e. The van der Waals surface area contributed by atoms with Gasteiger partial charge in [-0.1, -0.05) is 6.92 Å². The molecule has 11 nitrogen and oxygen atoms in total. The van der Waals surface area contributed by atoms with Crippen LogP contribution in [0.1, 0.15) is 75.1 Å². The van der Waals surface area contributed by atoms with Crippen LogP contribution in [0.5, 0.6) is 5.75 Å². The zero-order valence-corrected chi connectivity index (χ0v) is 24.5. The van der Waals surface area contributed by atoms with Gasteiger partial charge < -0.3 is 29.7 Å². The van der Waals surface area contributed by atoms with Gasteiger partial charge in [0.1, 0.15) is 36.2 Å². The van der Waals surface area contributed by atoms with E-state index in [0.29, 0.717) is 49.3 Å². The summed E-state index contributed by atoms with van der Waals surface area (Å²) in [5, 5.41) is 15.9. The number of amides is 3. The molecule has 2 N–H and O–H groups in total. The third kappa shape index (κ3) is 4.89. The summed E-state index contributed by atoms with van der Waals surface area (Å²) in [5.41, 5.74) is 0.687. The number of alkyl carbamates (subject to hydrolysis) is 1. The lowest BCUT2D eigenvalue weighted by atomic mass is 9.77. The van der Waals surface area contributed by atoms with Gasteiger partial charge in [-0.05, 0) is 67.6 Å². The lowest BCUT2D eigenvalue weighted by Crippen LogP contribution is -2.58. The summed E-state index contributed by atoms with van der Waals surface area (Å²) in [6.07, 6.45) is 5.85. The molecule has 4 saturated carbocycles. The molecule has 2 bridgehead atoms. The van der Waals surface area contributed by atoms with Crippen LogP contribution in [0.3, 0.4) is 0 Å². The summed E-state index contributed by atoms with van der Waals surface area (Å²) < 4.78 is 32.0. The summed E-state index contributed by atoms with van der Waals surface area (Å²) in [7, 11) is 1.58. The van der Waals surface area contributed by atoms with Gasteiger partial charge in [0, 0.05) is 37.4 Å². The van der Waals surface area contributed by atoms with E-state index >= 15 is 4.39 Å². The zero-order chi connectivity index (χ0) is 30.0. The number of pyridine rings is 1. The molecule has 7 rings (SSSR count). The van der Waals surface area contributed by atoms with E-state index in [2.05, 4.69) is 21.7 Å². The van der Waals surface area contributed by atoms with Crippen LogP contribution in [0.25, 0.3) is 0 Å². The molecule has 0 radical (unpaired) electrons.